The summed E-state index contributed by atoms with van der Waals surface area (Å²) in [5.74, 6) is 0.596. The van der Waals surface area contributed by atoms with E-state index in [9.17, 15) is 20.1 Å². The van der Waals surface area contributed by atoms with Crippen LogP contribution in [0.2, 0.25) is 0 Å². The highest BCUT2D eigenvalue weighted by Crippen LogP contribution is 2.33. The molecule has 7 rings (SSSR count). The number of nitrogens with zero attached hydrogens (tertiary/aromatic N) is 11. The lowest BCUT2D eigenvalue weighted by Crippen LogP contribution is -2.37. The second-order valence-corrected chi connectivity index (χ2v) is 14.2. The molecule has 2 N–H and O–H groups in total. The van der Waals surface area contributed by atoms with Crippen molar-refractivity contribution in [2.75, 3.05) is 57.2 Å². The molecule has 0 saturated carbocycles. The topological polar surface area (TPSA) is 208 Å². The van der Waals surface area contributed by atoms with Crippen LogP contribution < -0.4 is 20.1 Å². The van der Waals surface area contributed by atoms with Gasteiger partial charge >= 0.3 is 0 Å². The molecule has 2 amide bonds. The molecule has 0 atom stereocenters. The Morgan fingerprint density at radius 3 is 1.77 bits per heavy atom. The number of aryl methyl sites for hydroxylation is 4. The standard InChI is InChI=1S/C42H47N13O5/c1-6-54-33(19-27(3)49-54)39(56)47-41-45-31-21-29(25-43)23-35(58-5)37(31)52(41)12-8-9-13-53-38-32(46-42(53)48-40(57)34-20-28(4)50-55(34)7-2)22-30(26-44)24-36(38)60-16-10-11-51-14-17-59-18-15-51/h8-9,19-24H,6-7,10-18H2,1-5H3,(H,45,47,56)(H,46,48,57)/b9-8+. The van der Waals surface area contributed by atoms with Crippen molar-refractivity contribution in [3.8, 4) is 23.6 Å². The number of hydrogen-bond acceptors (Lipinski definition) is 12. The molecule has 18 heteroatoms. The number of methoxy groups -OCH3 is 1. The molecular weight excluding hydrogens is 767 g/mol. The summed E-state index contributed by atoms with van der Waals surface area (Å²) in [6.45, 7) is 13.3. The van der Waals surface area contributed by atoms with Crippen LogP contribution in [-0.4, -0.2) is 102 Å². The number of allylic oxidation sites excluding steroid dienone is 2. The largest absolute Gasteiger partial charge is 0.494 e. The van der Waals surface area contributed by atoms with E-state index < -0.39 is 5.91 Å². The van der Waals surface area contributed by atoms with Crippen molar-refractivity contribution >= 4 is 45.8 Å². The first-order valence-corrected chi connectivity index (χ1v) is 19.9. The Hall–Kier alpha value is -7.02. The molecule has 0 radical (unpaired) electrons. The number of rotatable bonds is 16. The number of nitriles is 2. The molecule has 0 spiro atoms. The van der Waals surface area contributed by atoms with E-state index in [1.807, 2.05) is 44.4 Å². The van der Waals surface area contributed by atoms with Crippen LogP contribution in [0.15, 0.2) is 48.6 Å². The van der Waals surface area contributed by atoms with Crippen molar-refractivity contribution in [2.24, 2.45) is 0 Å². The maximum atomic E-state index is 13.8. The summed E-state index contributed by atoms with van der Waals surface area (Å²) in [5, 5.41) is 34.5. The van der Waals surface area contributed by atoms with Gasteiger partial charge in [-0.25, -0.2) is 9.97 Å². The predicted molar refractivity (Wildman–Crippen MR) is 223 cm³/mol. The summed E-state index contributed by atoms with van der Waals surface area (Å²) >= 11 is 0. The van der Waals surface area contributed by atoms with Crippen molar-refractivity contribution < 1.29 is 23.8 Å². The number of hydrogen-bond donors (Lipinski definition) is 2. The number of fused-ring (bicyclic) bond motifs is 2. The van der Waals surface area contributed by atoms with Crippen LogP contribution in [0.25, 0.3) is 22.1 Å². The Kier molecular flexibility index (Phi) is 12.5. The Labute approximate surface area is 346 Å². The van der Waals surface area contributed by atoms with Crippen molar-refractivity contribution in [3.63, 3.8) is 0 Å². The zero-order chi connectivity index (χ0) is 42.3. The number of anilines is 2. The number of imidazole rings is 2. The van der Waals surface area contributed by atoms with E-state index in [2.05, 4.69) is 37.9 Å². The first-order valence-electron chi connectivity index (χ1n) is 19.9. The Morgan fingerprint density at radius 2 is 1.28 bits per heavy atom. The molecule has 6 aromatic rings. The number of ether oxygens (including phenoxy) is 3. The van der Waals surface area contributed by atoms with Gasteiger partial charge in [0.15, 0.2) is 0 Å². The number of nitrogens with one attached hydrogen (secondary N) is 2. The van der Waals surface area contributed by atoms with Crippen LogP contribution >= 0.6 is 0 Å². The Bertz CT molecular complexity index is 2670. The van der Waals surface area contributed by atoms with E-state index in [4.69, 9.17) is 24.2 Å². The summed E-state index contributed by atoms with van der Waals surface area (Å²) in [6, 6.07) is 14.4. The highest BCUT2D eigenvalue weighted by atomic mass is 16.5. The van der Waals surface area contributed by atoms with Crippen LogP contribution in [0.3, 0.4) is 0 Å². The molecule has 18 nitrogen and oxygen atoms in total. The van der Waals surface area contributed by atoms with Gasteiger partial charge in [-0.15, -0.1) is 0 Å². The average molecular weight is 814 g/mol. The molecule has 2 aromatic carbocycles. The summed E-state index contributed by atoms with van der Waals surface area (Å²) in [6.07, 6.45) is 4.56. The Morgan fingerprint density at radius 1 is 0.783 bits per heavy atom. The van der Waals surface area contributed by atoms with E-state index in [0.29, 0.717) is 100 Å². The van der Waals surface area contributed by atoms with Gasteiger partial charge in [-0.3, -0.25) is 34.5 Å². The van der Waals surface area contributed by atoms with Gasteiger partial charge in [0.2, 0.25) is 11.9 Å². The van der Waals surface area contributed by atoms with Gasteiger partial charge in [-0.05, 0) is 58.4 Å². The van der Waals surface area contributed by atoms with Gasteiger partial charge in [0.25, 0.3) is 11.8 Å². The molecule has 0 bridgehead atoms. The van der Waals surface area contributed by atoms with Crippen molar-refractivity contribution in [2.45, 2.75) is 60.3 Å². The molecule has 60 heavy (non-hydrogen) atoms. The maximum absolute atomic E-state index is 13.8. The van der Waals surface area contributed by atoms with E-state index in [0.717, 1.165) is 26.1 Å². The highest BCUT2D eigenvalue weighted by Gasteiger charge is 2.23. The molecule has 4 aromatic heterocycles. The quantitative estimate of drug-likeness (QED) is 0.0973. The third-order valence-electron chi connectivity index (χ3n) is 10.1. The minimum atomic E-state index is -0.392. The van der Waals surface area contributed by atoms with E-state index in [1.165, 1.54) is 7.11 Å². The molecule has 310 valence electrons. The molecular formula is C42H47N13O5. The zero-order valence-corrected chi connectivity index (χ0v) is 34.4. The fourth-order valence-corrected chi connectivity index (χ4v) is 7.33. The van der Waals surface area contributed by atoms with Crippen LogP contribution in [-0.2, 0) is 30.9 Å². The van der Waals surface area contributed by atoms with Gasteiger partial charge in [-0.1, -0.05) is 12.2 Å². The molecule has 5 heterocycles. The third-order valence-corrected chi connectivity index (χ3v) is 10.1. The third kappa shape index (κ3) is 8.70. The number of aromatic nitrogens is 8. The van der Waals surface area contributed by atoms with E-state index in [1.54, 1.807) is 50.3 Å². The lowest BCUT2D eigenvalue weighted by Gasteiger charge is -2.26. The van der Waals surface area contributed by atoms with Crippen molar-refractivity contribution in [3.05, 3.63) is 82.5 Å². The van der Waals surface area contributed by atoms with Gasteiger partial charge < -0.3 is 23.3 Å². The first kappa shape index (κ1) is 41.2. The molecule has 1 aliphatic rings. The normalized spacial score (nSPS) is 13.2. The molecule has 0 unspecified atom stereocenters. The first-order chi connectivity index (χ1) is 29.1. The van der Waals surface area contributed by atoms with Gasteiger partial charge in [0.1, 0.15) is 33.9 Å². The molecule has 1 aliphatic heterocycles. The molecule has 1 saturated heterocycles. The average Bonchev–Trinajstić information content (AvgIpc) is 4.02. The second-order valence-electron chi connectivity index (χ2n) is 14.2. The lowest BCUT2D eigenvalue weighted by atomic mass is 10.2. The fourth-order valence-electron chi connectivity index (χ4n) is 7.33. The minimum absolute atomic E-state index is 0.229. The monoisotopic (exact) mass is 813 g/mol. The number of carbonyl (C=O) groups is 2. The lowest BCUT2D eigenvalue weighted by molar-refractivity contribution is 0.0358. The maximum Gasteiger partial charge on any atom is 0.276 e. The zero-order valence-electron chi connectivity index (χ0n) is 34.4. The van der Waals surface area contributed by atoms with Crippen molar-refractivity contribution in [1.29, 1.82) is 10.5 Å². The molecule has 0 aliphatic carbocycles. The van der Waals surface area contributed by atoms with Crippen LogP contribution in [0.1, 0.15) is 63.8 Å². The summed E-state index contributed by atoms with van der Waals surface area (Å²) in [4.78, 5) is 39.3. The number of carbonyl (C=O) groups excluding carboxylic acids is 2. The highest BCUT2D eigenvalue weighted by molar-refractivity contribution is 6.04. The number of amides is 2. The van der Waals surface area contributed by atoms with E-state index in [-0.39, 0.29) is 30.9 Å². The van der Waals surface area contributed by atoms with Gasteiger partial charge in [-0.2, -0.15) is 20.7 Å². The summed E-state index contributed by atoms with van der Waals surface area (Å²) in [5.41, 5.74) is 5.03. The van der Waals surface area contributed by atoms with Crippen LogP contribution in [0.4, 0.5) is 11.9 Å². The van der Waals surface area contributed by atoms with Crippen LogP contribution in [0.5, 0.6) is 11.5 Å². The summed E-state index contributed by atoms with van der Waals surface area (Å²) in [7, 11) is 1.51. The number of benzene rings is 2. The Balaban J connectivity index is 1.23. The SMILES string of the molecule is CCn1nc(C)cc1C(=O)Nc1nc2cc(C#N)cc(OC)c2n1C/C=C/Cn1c(NC(=O)c2cc(C)nn2CC)nc2cc(C#N)cc(OCCCN3CCOCC3)c21. The minimum Gasteiger partial charge on any atom is -0.494 e. The van der Waals surface area contributed by atoms with Crippen LogP contribution in [0, 0.1) is 36.5 Å². The van der Waals surface area contributed by atoms with Gasteiger partial charge in [0, 0.05) is 57.9 Å². The smallest absolute Gasteiger partial charge is 0.276 e. The van der Waals surface area contributed by atoms with Crippen molar-refractivity contribution in [1.82, 2.24) is 43.6 Å². The van der Waals surface area contributed by atoms with E-state index >= 15 is 0 Å². The second kappa shape index (κ2) is 18.3. The predicted octanol–water partition coefficient (Wildman–Crippen LogP) is 5.05. The molecule has 1 fully saturated rings. The summed E-state index contributed by atoms with van der Waals surface area (Å²) < 4.78 is 24.5. The van der Waals surface area contributed by atoms with Gasteiger partial charge in [0.05, 0.1) is 72.6 Å². The fraction of sp³-hybridized carbons (Fsp3) is 0.381. The number of morpholine rings is 1.